The molecule has 0 bridgehead atoms. The smallest absolute Gasteiger partial charge is 0.410 e. The molecule has 1 saturated heterocycles. The molecule has 6 heteroatoms. The van der Waals surface area contributed by atoms with Gasteiger partial charge < -0.3 is 19.7 Å². The first-order valence-corrected chi connectivity index (χ1v) is 8.76. The highest BCUT2D eigenvalue weighted by atomic mass is 16.6. The fourth-order valence-corrected chi connectivity index (χ4v) is 2.75. The molecule has 138 valence electrons. The molecule has 1 atom stereocenters. The summed E-state index contributed by atoms with van der Waals surface area (Å²) in [5, 5.41) is 2.79. The average molecular weight is 348 g/mol. The summed E-state index contributed by atoms with van der Waals surface area (Å²) in [4.78, 5) is 25.7. The van der Waals surface area contributed by atoms with Crippen LogP contribution in [0.1, 0.15) is 39.2 Å². The maximum absolute atomic E-state index is 12.2. The normalized spacial score (nSPS) is 17.7. The molecule has 25 heavy (non-hydrogen) atoms. The number of nitrogens with zero attached hydrogens (tertiary/aromatic N) is 1. The highest BCUT2D eigenvalue weighted by Crippen LogP contribution is 2.17. The third-order valence-corrected chi connectivity index (χ3v) is 3.92. The average Bonchev–Trinajstić information content (AvgIpc) is 2.57. The van der Waals surface area contributed by atoms with Gasteiger partial charge in [-0.05, 0) is 45.1 Å². The van der Waals surface area contributed by atoms with Crippen molar-refractivity contribution in [2.45, 2.75) is 45.8 Å². The number of carbonyl (C=O) groups is 2. The molecule has 6 nitrogen and oxygen atoms in total. The van der Waals surface area contributed by atoms with E-state index in [4.69, 9.17) is 9.47 Å². The van der Waals surface area contributed by atoms with Gasteiger partial charge in [-0.2, -0.15) is 0 Å². The van der Waals surface area contributed by atoms with Crippen LogP contribution in [0.3, 0.4) is 0 Å². The predicted octanol–water partition coefficient (Wildman–Crippen LogP) is 3.56. The summed E-state index contributed by atoms with van der Waals surface area (Å²) in [6, 6.07) is 9.62. The Morgan fingerprint density at radius 3 is 2.64 bits per heavy atom. The van der Waals surface area contributed by atoms with Crippen molar-refractivity contribution >= 4 is 12.2 Å². The molecule has 1 aromatic carbocycles. The number of hydrogen-bond donors (Lipinski definition) is 1. The van der Waals surface area contributed by atoms with Crippen LogP contribution in [0.4, 0.5) is 9.59 Å². The van der Waals surface area contributed by atoms with E-state index < -0.39 is 11.7 Å². The fourth-order valence-electron chi connectivity index (χ4n) is 2.75. The molecular formula is C19H28N2O4. The number of amides is 2. The summed E-state index contributed by atoms with van der Waals surface area (Å²) < 4.78 is 10.6. The Hall–Kier alpha value is -2.24. The van der Waals surface area contributed by atoms with Crippen LogP contribution in [0.15, 0.2) is 30.3 Å². The van der Waals surface area contributed by atoms with Crippen LogP contribution in [-0.2, 0) is 16.1 Å². The lowest BCUT2D eigenvalue weighted by molar-refractivity contribution is 0.0501. The minimum absolute atomic E-state index is 0.213. The highest BCUT2D eigenvalue weighted by Gasteiger charge is 2.25. The van der Waals surface area contributed by atoms with Gasteiger partial charge in [0.2, 0.25) is 0 Å². The van der Waals surface area contributed by atoms with E-state index in [2.05, 4.69) is 5.32 Å². The monoisotopic (exact) mass is 348 g/mol. The van der Waals surface area contributed by atoms with Crippen molar-refractivity contribution < 1.29 is 19.1 Å². The Balaban J connectivity index is 1.74. The molecule has 1 unspecified atom stereocenters. The third-order valence-electron chi connectivity index (χ3n) is 3.92. The summed E-state index contributed by atoms with van der Waals surface area (Å²) in [7, 11) is 0. The van der Waals surface area contributed by atoms with E-state index >= 15 is 0 Å². The quantitative estimate of drug-likeness (QED) is 0.903. The predicted molar refractivity (Wildman–Crippen MR) is 95.2 cm³/mol. The largest absolute Gasteiger partial charge is 0.445 e. The Morgan fingerprint density at radius 2 is 1.96 bits per heavy atom. The highest BCUT2D eigenvalue weighted by molar-refractivity contribution is 5.68. The third kappa shape index (κ3) is 7.03. The number of nitrogens with one attached hydrogen (secondary N) is 1. The molecular weight excluding hydrogens is 320 g/mol. The molecule has 1 fully saturated rings. The topological polar surface area (TPSA) is 67.9 Å². The molecule has 1 aliphatic rings. The number of rotatable bonds is 4. The number of benzene rings is 1. The van der Waals surface area contributed by atoms with Gasteiger partial charge in [0.1, 0.15) is 12.2 Å². The first-order valence-electron chi connectivity index (χ1n) is 8.76. The van der Waals surface area contributed by atoms with E-state index in [-0.39, 0.29) is 18.6 Å². The van der Waals surface area contributed by atoms with Gasteiger partial charge in [0.25, 0.3) is 0 Å². The lowest BCUT2D eigenvalue weighted by Crippen LogP contribution is -2.44. The van der Waals surface area contributed by atoms with Gasteiger partial charge in [-0.25, -0.2) is 9.59 Å². The van der Waals surface area contributed by atoms with Crippen LogP contribution >= 0.6 is 0 Å². The minimum atomic E-state index is -0.510. The van der Waals surface area contributed by atoms with Crippen LogP contribution in [0, 0.1) is 5.92 Å². The molecule has 0 aromatic heterocycles. The van der Waals surface area contributed by atoms with Crippen molar-refractivity contribution in [3.63, 3.8) is 0 Å². The van der Waals surface area contributed by atoms with Crippen LogP contribution in [0.2, 0.25) is 0 Å². The number of piperidine rings is 1. The van der Waals surface area contributed by atoms with Crippen molar-refractivity contribution in [2.75, 3.05) is 19.6 Å². The number of carbonyl (C=O) groups excluding carboxylic acids is 2. The van der Waals surface area contributed by atoms with Crippen molar-refractivity contribution in [3.8, 4) is 0 Å². The Kier molecular flexibility index (Phi) is 6.67. The Morgan fingerprint density at radius 1 is 1.24 bits per heavy atom. The molecule has 2 amide bonds. The second kappa shape index (κ2) is 8.74. The van der Waals surface area contributed by atoms with Gasteiger partial charge in [-0.3, -0.25) is 0 Å². The van der Waals surface area contributed by atoms with Gasteiger partial charge in [0, 0.05) is 19.6 Å². The minimum Gasteiger partial charge on any atom is -0.445 e. The number of ether oxygens (including phenoxy) is 2. The molecule has 1 N–H and O–H groups in total. The van der Waals surface area contributed by atoms with Gasteiger partial charge >= 0.3 is 12.2 Å². The van der Waals surface area contributed by atoms with Crippen molar-refractivity contribution in [3.05, 3.63) is 35.9 Å². The Bertz CT molecular complexity index is 569. The van der Waals surface area contributed by atoms with Crippen molar-refractivity contribution in [2.24, 2.45) is 5.92 Å². The first kappa shape index (κ1) is 19.1. The van der Waals surface area contributed by atoms with E-state index in [1.807, 2.05) is 51.1 Å². The molecule has 0 aliphatic carbocycles. The Labute approximate surface area is 149 Å². The lowest BCUT2D eigenvalue weighted by atomic mass is 9.98. The SMILES string of the molecule is CC(C)(C)OC(=O)NCC1CCCN(C(=O)OCc2ccccc2)C1. The summed E-state index contributed by atoms with van der Waals surface area (Å²) in [6.45, 7) is 7.54. The zero-order valence-corrected chi connectivity index (χ0v) is 15.3. The lowest BCUT2D eigenvalue weighted by Gasteiger charge is -2.32. The van der Waals surface area contributed by atoms with Crippen molar-refractivity contribution in [1.29, 1.82) is 0 Å². The van der Waals surface area contributed by atoms with Gasteiger partial charge in [0.05, 0.1) is 0 Å². The fraction of sp³-hybridized carbons (Fsp3) is 0.579. The molecule has 1 aliphatic heterocycles. The van der Waals surface area contributed by atoms with Gasteiger partial charge in [-0.1, -0.05) is 30.3 Å². The maximum Gasteiger partial charge on any atom is 0.410 e. The molecule has 1 heterocycles. The molecule has 0 radical (unpaired) electrons. The molecule has 0 spiro atoms. The second-order valence-electron chi connectivity index (χ2n) is 7.38. The van der Waals surface area contributed by atoms with Crippen LogP contribution < -0.4 is 5.32 Å². The van der Waals surface area contributed by atoms with Crippen molar-refractivity contribution in [1.82, 2.24) is 10.2 Å². The van der Waals surface area contributed by atoms with E-state index in [1.54, 1.807) is 4.90 Å². The van der Waals surface area contributed by atoms with E-state index in [0.29, 0.717) is 19.6 Å². The summed E-state index contributed by atoms with van der Waals surface area (Å²) in [5.74, 6) is 0.213. The zero-order valence-electron chi connectivity index (χ0n) is 15.3. The van der Waals surface area contributed by atoms with E-state index in [9.17, 15) is 9.59 Å². The second-order valence-corrected chi connectivity index (χ2v) is 7.38. The summed E-state index contributed by atoms with van der Waals surface area (Å²) in [6.07, 6.45) is 1.15. The molecule has 2 rings (SSSR count). The van der Waals surface area contributed by atoms with Crippen LogP contribution in [0.25, 0.3) is 0 Å². The first-order chi connectivity index (χ1) is 11.8. The number of likely N-dealkylation sites (tertiary alicyclic amines) is 1. The molecule has 0 saturated carbocycles. The number of alkyl carbamates (subject to hydrolysis) is 1. The van der Waals surface area contributed by atoms with Crippen LogP contribution in [0.5, 0.6) is 0 Å². The van der Waals surface area contributed by atoms with E-state index in [1.165, 1.54) is 0 Å². The molecule has 1 aromatic rings. The number of hydrogen-bond acceptors (Lipinski definition) is 4. The summed E-state index contributed by atoms with van der Waals surface area (Å²) in [5.41, 5.74) is 0.459. The standard InChI is InChI=1S/C19H28N2O4/c1-19(2,3)25-17(22)20-12-16-10-7-11-21(13-16)18(23)24-14-15-8-5-4-6-9-15/h4-6,8-9,16H,7,10-14H2,1-3H3,(H,20,22). The summed E-state index contributed by atoms with van der Waals surface area (Å²) >= 11 is 0. The van der Waals surface area contributed by atoms with E-state index in [0.717, 1.165) is 18.4 Å². The maximum atomic E-state index is 12.2. The zero-order chi connectivity index (χ0) is 18.3. The van der Waals surface area contributed by atoms with Gasteiger partial charge in [0.15, 0.2) is 0 Å². The van der Waals surface area contributed by atoms with Crippen LogP contribution in [-0.4, -0.2) is 42.3 Å². The van der Waals surface area contributed by atoms with Gasteiger partial charge in [-0.15, -0.1) is 0 Å².